The van der Waals surface area contributed by atoms with Crippen molar-refractivity contribution < 1.29 is 9.53 Å². The van der Waals surface area contributed by atoms with Crippen molar-refractivity contribution in [2.24, 2.45) is 0 Å². The molecular formula is C21H27N3O2. The Morgan fingerprint density at radius 2 is 1.69 bits per heavy atom. The molecular weight excluding hydrogens is 326 g/mol. The largest absolute Gasteiger partial charge is 0.379 e. The number of hydrogen-bond donors (Lipinski definition) is 2. The zero-order valence-electron chi connectivity index (χ0n) is 15.3. The van der Waals surface area contributed by atoms with E-state index in [0.29, 0.717) is 6.54 Å². The molecule has 0 spiro atoms. The van der Waals surface area contributed by atoms with Gasteiger partial charge in [0.15, 0.2) is 0 Å². The summed E-state index contributed by atoms with van der Waals surface area (Å²) in [4.78, 5) is 14.5. The number of carbonyl (C=O) groups excluding carboxylic acids is 1. The lowest BCUT2D eigenvalue weighted by atomic mass is 10.1. The number of amides is 2. The topological polar surface area (TPSA) is 53.6 Å². The van der Waals surface area contributed by atoms with E-state index in [1.165, 1.54) is 5.56 Å². The molecule has 2 N–H and O–H groups in total. The van der Waals surface area contributed by atoms with Crippen LogP contribution in [0.25, 0.3) is 0 Å². The van der Waals surface area contributed by atoms with Gasteiger partial charge in [-0.2, -0.15) is 0 Å². The minimum atomic E-state index is -0.154. The van der Waals surface area contributed by atoms with Crippen LogP contribution in [0.4, 0.5) is 4.79 Å². The van der Waals surface area contributed by atoms with Crippen LogP contribution < -0.4 is 10.6 Å². The van der Waals surface area contributed by atoms with Crippen LogP contribution >= 0.6 is 0 Å². The predicted octanol–water partition coefficient (Wildman–Crippen LogP) is 3.08. The fourth-order valence-corrected chi connectivity index (χ4v) is 3.04. The van der Waals surface area contributed by atoms with Gasteiger partial charge in [0.05, 0.1) is 19.3 Å². The molecule has 3 rings (SSSR count). The van der Waals surface area contributed by atoms with Gasteiger partial charge in [-0.05, 0) is 23.6 Å². The Bertz CT molecular complexity index is 682. The average Bonchev–Trinajstić information content (AvgIpc) is 2.69. The summed E-state index contributed by atoms with van der Waals surface area (Å²) in [6.07, 6.45) is 0. The highest BCUT2D eigenvalue weighted by atomic mass is 16.5. The number of carbonyl (C=O) groups is 1. The van der Waals surface area contributed by atoms with Gasteiger partial charge in [-0.1, -0.05) is 54.6 Å². The molecule has 0 aromatic heterocycles. The Morgan fingerprint density at radius 3 is 2.38 bits per heavy atom. The van der Waals surface area contributed by atoms with Gasteiger partial charge >= 0.3 is 6.03 Å². The Labute approximate surface area is 155 Å². The molecule has 1 heterocycles. The van der Waals surface area contributed by atoms with Crippen molar-refractivity contribution in [1.29, 1.82) is 0 Å². The summed E-state index contributed by atoms with van der Waals surface area (Å²) in [7, 11) is 0. The first-order valence-corrected chi connectivity index (χ1v) is 9.18. The quantitative estimate of drug-likeness (QED) is 0.839. The lowest BCUT2D eigenvalue weighted by Gasteiger charge is -2.26. The fourth-order valence-electron chi connectivity index (χ4n) is 3.04. The number of nitrogens with zero attached hydrogens (tertiary/aromatic N) is 1. The van der Waals surface area contributed by atoms with Gasteiger partial charge in [0.2, 0.25) is 0 Å². The minimum absolute atomic E-state index is 0.0212. The summed E-state index contributed by atoms with van der Waals surface area (Å²) in [5.41, 5.74) is 3.48. The first kappa shape index (κ1) is 18.4. The van der Waals surface area contributed by atoms with Crippen molar-refractivity contribution in [3.05, 3.63) is 71.3 Å². The molecule has 1 atom stereocenters. The molecule has 138 valence electrons. The number of rotatable bonds is 6. The highest BCUT2D eigenvalue weighted by Crippen LogP contribution is 2.11. The minimum Gasteiger partial charge on any atom is -0.379 e. The van der Waals surface area contributed by atoms with Crippen molar-refractivity contribution >= 4 is 6.03 Å². The lowest BCUT2D eigenvalue weighted by molar-refractivity contribution is 0.0342. The standard InChI is InChI=1S/C21H27N3O2/c1-17(20-5-3-2-4-6-20)23-21(25)22-15-18-7-9-19(10-8-18)16-24-11-13-26-14-12-24/h2-10,17H,11-16H2,1H3,(H2,22,23,25)/t17-/m0/s1. The highest BCUT2D eigenvalue weighted by Gasteiger charge is 2.11. The van der Waals surface area contributed by atoms with Crippen LogP contribution in [0.15, 0.2) is 54.6 Å². The number of ether oxygens (including phenoxy) is 1. The van der Waals surface area contributed by atoms with E-state index in [4.69, 9.17) is 4.74 Å². The van der Waals surface area contributed by atoms with Gasteiger partial charge in [-0.25, -0.2) is 4.79 Å². The van der Waals surface area contributed by atoms with Crippen LogP contribution in [0.3, 0.4) is 0 Å². The van der Waals surface area contributed by atoms with Gasteiger partial charge < -0.3 is 15.4 Å². The monoisotopic (exact) mass is 353 g/mol. The SMILES string of the molecule is C[C@H](NC(=O)NCc1ccc(CN2CCOCC2)cc1)c1ccccc1. The van der Waals surface area contributed by atoms with E-state index in [9.17, 15) is 4.79 Å². The molecule has 0 unspecified atom stereocenters. The first-order chi connectivity index (χ1) is 12.7. The molecule has 0 aliphatic carbocycles. The Morgan fingerprint density at radius 1 is 1.04 bits per heavy atom. The van der Waals surface area contributed by atoms with E-state index >= 15 is 0 Å². The molecule has 26 heavy (non-hydrogen) atoms. The summed E-state index contributed by atoms with van der Waals surface area (Å²) in [6, 6.07) is 18.2. The molecule has 5 heteroatoms. The molecule has 1 saturated heterocycles. The molecule has 2 aromatic rings. The normalized spacial score (nSPS) is 16.0. The third-order valence-corrected chi connectivity index (χ3v) is 4.63. The summed E-state index contributed by atoms with van der Waals surface area (Å²) >= 11 is 0. The summed E-state index contributed by atoms with van der Waals surface area (Å²) in [5.74, 6) is 0. The molecule has 5 nitrogen and oxygen atoms in total. The van der Waals surface area contributed by atoms with Crippen LogP contribution in [0.2, 0.25) is 0 Å². The second-order valence-electron chi connectivity index (χ2n) is 6.66. The Balaban J connectivity index is 1.43. The first-order valence-electron chi connectivity index (χ1n) is 9.18. The average molecular weight is 353 g/mol. The third-order valence-electron chi connectivity index (χ3n) is 4.63. The molecule has 1 aliphatic heterocycles. The van der Waals surface area contributed by atoms with Crippen molar-refractivity contribution in [3.63, 3.8) is 0 Å². The second-order valence-corrected chi connectivity index (χ2v) is 6.66. The molecule has 0 radical (unpaired) electrons. The van der Waals surface area contributed by atoms with Gasteiger partial charge in [-0.15, -0.1) is 0 Å². The van der Waals surface area contributed by atoms with E-state index in [1.54, 1.807) is 0 Å². The summed E-state index contributed by atoms with van der Waals surface area (Å²) < 4.78 is 5.38. The van der Waals surface area contributed by atoms with Crippen molar-refractivity contribution in [2.75, 3.05) is 26.3 Å². The van der Waals surface area contributed by atoms with E-state index in [1.807, 2.05) is 37.3 Å². The second kappa shape index (κ2) is 9.36. The molecule has 0 bridgehead atoms. The van der Waals surface area contributed by atoms with Crippen LogP contribution in [-0.2, 0) is 17.8 Å². The molecule has 1 aliphatic rings. The number of hydrogen-bond acceptors (Lipinski definition) is 3. The maximum atomic E-state index is 12.1. The van der Waals surface area contributed by atoms with Gasteiger partial charge in [0.1, 0.15) is 0 Å². The third kappa shape index (κ3) is 5.58. The van der Waals surface area contributed by atoms with E-state index in [0.717, 1.165) is 44.0 Å². The summed E-state index contributed by atoms with van der Waals surface area (Å²) in [6.45, 7) is 7.07. The maximum Gasteiger partial charge on any atom is 0.315 e. The van der Waals surface area contributed by atoms with E-state index in [2.05, 4.69) is 39.8 Å². The highest BCUT2D eigenvalue weighted by molar-refractivity contribution is 5.74. The molecule has 1 fully saturated rings. The van der Waals surface area contributed by atoms with E-state index in [-0.39, 0.29) is 12.1 Å². The number of benzene rings is 2. The van der Waals surface area contributed by atoms with Crippen LogP contribution in [0.5, 0.6) is 0 Å². The smallest absolute Gasteiger partial charge is 0.315 e. The van der Waals surface area contributed by atoms with Gasteiger partial charge in [0, 0.05) is 26.2 Å². The van der Waals surface area contributed by atoms with Crippen LogP contribution in [0, 0.1) is 0 Å². The summed E-state index contributed by atoms with van der Waals surface area (Å²) in [5, 5.41) is 5.89. The number of nitrogens with one attached hydrogen (secondary N) is 2. The van der Waals surface area contributed by atoms with Gasteiger partial charge in [-0.3, -0.25) is 4.90 Å². The zero-order valence-corrected chi connectivity index (χ0v) is 15.3. The molecule has 2 aromatic carbocycles. The number of urea groups is 1. The molecule has 2 amide bonds. The fraction of sp³-hybridized carbons (Fsp3) is 0.381. The van der Waals surface area contributed by atoms with Crippen molar-refractivity contribution in [3.8, 4) is 0 Å². The van der Waals surface area contributed by atoms with E-state index < -0.39 is 0 Å². The maximum absolute atomic E-state index is 12.1. The van der Waals surface area contributed by atoms with Gasteiger partial charge in [0.25, 0.3) is 0 Å². The van der Waals surface area contributed by atoms with Crippen molar-refractivity contribution in [2.45, 2.75) is 26.1 Å². The Hall–Kier alpha value is -2.37. The van der Waals surface area contributed by atoms with Crippen LogP contribution in [-0.4, -0.2) is 37.2 Å². The molecule has 0 saturated carbocycles. The predicted molar refractivity (Wildman–Crippen MR) is 103 cm³/mol. The zero-order chi connectivity index (χ0) is 18.2. The Kier molecular flexibility index (Phi) is 6.63. The van der Waals surface area contributed by atoms with Crippen LogP contribution in [0.1, 0.15) is 29.7 Å². The lowest BCUT2D eigenvalue weighted by Crippen LogP contribution is -2.36. The number of morpholine rings is 1. The van der Waals surface area contributed by atoms with Crippen molar-refractivity contribution in [1.82, 2.24) is 15.5 Å².